The van der Waals surface area contributed by atoms with Crippen molar-refractivity contribution in [3.05, 3.63) is 35.4 Å². The van der Waals surface area contributed by atoms with Crippen molar-refractivity contribution in [3.63, 3.8) is 0 Å². The van der Waals surface area contributed by atoms with Crippen molar-refractivity contribution in [1.29, 1.82) is 0 Å². The lowest BCUT2D eigenvalue weighted by atomic mass is 9.99. The van der Waals surface area contributed by atoms with Gasteiger partial charge in [-0.1, -0.05) is 18.9 Å². The molecule has 0 aliphatic carbocycles. The zero-order valence-electron chi connectivity index (χ0n) is 10.1. The average molecular weight is 227 g/mol. The van der Waals surface area contributed by atoms with Crippen LogP contribution in [0.1, 0.15) is 35.7 Å². The Morgan fingerprint density at radius 2 is 2.35 bits per heavy atom. The molecule has 0 saturated carbocycles. The summed E-state index contributed by atoms with van der Waals surface area (Å²) in [7, 11) is 0. The number of piperidine rings is 1. The van der Waals surface area contributed by atoms with E-state index in [1.54, 1.807) is 6.07 Å². The minimum Gasteiger partial charge on any atom is -0.338 e. The van der Waals surface area contributed by atoms with Gasteiger partial charge in [-0.05, 0) is 37.0 Å². The normalized spacial score (nSPS) is 19.8. The fourth-order valence-electron chi connectivity index (χ4n) is 2.30. The van der Waals surface area contributed by atoms with E-state index >= 15 is 0 Å². The highest BCUT2D eigenvalue weighted by Gasteiger charge is 2.21. The second kappa shape index (κ2) is 5.05. The molecular formula is C15H17NO. The van der Waals surface area contributed by atoms with Crippen molar-refractivity contribution in [2.75, 3.05) is 13.1 Å². The van der Waals surface area contributed by atoms with Gasteiger partial charge >= 0.3 is 0 Å². The topological polar surface area (TPSA) is 20.3 Å². The summed E-state index contributed by atoms with van der Waals surface area (Å²) < 4.78 is 0. The van der Waals surface area contributed by atoms with E-state index in [0.29, 0.717) is 11.5 Å². The second-order valence-electron chi connectivity index (χ2n) is 4.72. The van der Waals surface area contributed by atoms with Crippen LogP contribution in [0.2, 0.25) is 0 Å². The molecule has 1 atom stereocenters. The van der Waals surface area contributed by atoms with Crippen LogP contribution in [0, 0.1) is 18.3 Å². The van der Waals surface area contributed by atoms with E-state index in [0.717, 1.165) is 25.1 Å². The number of hydrogen-bond acceptors (Lipinski definition) is 1. The van der Waals surface area contributed by atoms with Crippen LogP contribution in [-0.2, 0) is 0 Å². The first kappa shape index (κ1) is 11.7. The molecule has 17 heavy (non-hydrogen) atoms. The van der Waals surface area contributed by atoms with Gasteiger partial charge in [0.15, 0.2) is 0 Å². The van der Waals surface area contributed by atoms with Crippen LogP contribution in [-0.4, -0.2) is 23.9 Å². The number of rotatable bonds is 1. The van der Waals surface area contributed by atoms with Gasteiger partial charge in [-0.15, -0.1) is 6.42 Å². The monoisotopic (exact) mass is 227 g/mol. The summed E-state index contributed by atoms with van der Waals surface area (Å²) in [6, 6.07) is 7.31. The number of carbonyl (C=O) groups excluding carboxylic acids is 1. The van der Waals surface area contributed by atoms with E-state index in [-0.39, 0.29) is 5.91 Å². The zero-order valence-corrected chi connectivity index (χ0v) is 10.1. The second-order valence-corrected chi connectivity index (χ2v) is 4.72. The largest absolute Gasteiger partial charge is 0.338 e. The Kier molecular flexibility index (Phi) is 3.49. The lowest BCUT2D eigenvalue weighted by Crippen LogP contribution is -2.39. The molecule has 1 saturated heterocycles. The van der Waals surface area contributed by atoms with Crippen molar-refractivity contribution in [2.45, 2.75) is 19.8 Å². The van der Waals surface area contributed by atoms with Crippen LogP contribution in [0.4, 0.5) is 0 Å². The Balaban J connectivity index is 2.16. The quantitative estimate of drug-likeness (QED) is 0.675. The van der Waals surface area contributed by atoms with E-state index in [2.05, 4.69) is 12.8 Å². The maximum absolute atomic E-state index is 12.3. The summed E-state index contributed by atoms with van der Waals surface area (Å²) in [5, 5.41) is 0. The molecule has 1 unspecified atom stereocenters. The fraction of sp³-hybridized carbons (Fsp3) is 0.400. The first-order chi connectivity index (χ1) is 8.20. The van der Waals surface area contributed by atoms with Crippen LogP contribution < -0.4 is 0 Å². The number of amides is 1. The van der Waals surface area contributed by atoms with Crippen LogP contribution in [0.5, 0.6) is 0 Å². The van der Waals surface area contributed by atoms with E-state index < -0.39 is 0 Å². The molecule has 88 valence electrons. The molecule has 2 nitrogen and oxygen atoms in total. The molecule has 1 aliphatic heterocycles. The minimum absolute atomic E-state index is 0.105. The van der Waals surface area contributed by atoms with Crippen LogP contribution >= 0.6 is 0 Å². The van der Waals surface area contributed by atoms with E-state index in [1.807, 2.05) is 23.1 Å². The molecule has 1 heterocycles. The summed E-state index contributed by atoms with van der Waals surface area (Å²) in [5.41, 5.74) is 1.47. The molecule has 0 aromatic heterocycles. The SMILES string of the molecule is C#Cc1cccc(C(=O)N2CCCC(C)C2)c1. The smallest absolute Gasteiger partial charge is 0.253 e. The van der Waals surface area contributed by atoms with Gasteiger partial charge in [0.2, 0.25) is 0 Å². The molecule has 1 fully saturated rings. The number of terminal acetylenes is 1. The van der Waals surface area contributed by atoms with Gasteiger partial charge in [0.05, 0.1) is 0 Å². The van der Waals surface area contributed by atoms with Gasteiger partial charge in [0.25, 0.3) is 5.91 Å². The molecule has 0 radical (unpaired) electrons. The van der Waals surface area contributed by atoms with Crippen molar-refractivity contribution < 1.29 is 4.79 Å². The Hall–Kier alpha value is -1.75. The molecule has 0 N–H and O–H groups in total. The van der Waals surface area contributed by atoms with E-state index in [9.17, 15) is 4.79 Å². The molecule has 2 rings (SSSR count). The minimum atomic E-state index is 0.105. The van der Waals surface area contributed by atoms with Crippen LogP contribution in [0.15, 0.2) is 24.3 Å². The lowest BCUT2D eigenvalue weighted by molar-refractivity contribution is 0.0683. The number of carbonyl (C=O) groups is 1. The first-order valence-electron chi connectivity index (χ1n) is 6.06. The third-order valence-corrected chi connectivity index (χ3v) is 3.22. The van der Waals surface area contributed by atoms with Crippen molar-refractivity contribution in [3.8, 4) is 12.3 Å². The highest BCUT2D eigenvalue weighted by Crippen LogP contribution is 2.18. The lowest BCUT2D eigenvalue weighted by Gasteiger charge is -2.31. The molecule has 0 spiro atoms. The van der Waals surface area contributed by atoms with Crippen molar-refractivity contribution >= 4 is 5.91 Å². The van der Waals surface area contributed by atoms with Crippen molar-refractivity contribution in [1.82, 2.24) is 4.90 Å². The number of likely N-dealkylation sites (tertiary alicyclic amines) is 1. The predicted octanol–water partition coefficient (Wildman–Crippen LogP) is 2.54. The molecule has 0 bridgehead atoms. The summed E-state index contributed by atoms with van der Waals surface area (Å²) in [6.45, 7) is 3.92. The predicted molar refractivity (Wildman–Crippen MR) is 68.7 cm³/mol. The molecular weight excluding hydrogens is 210 g/mol. The third-order valence-electron chi connectivity index (χ3n) is 3.22. The molecule has 1 aromatic carbocycles. The van der Waals surface area contributed by atoms with Gasteiger partial charge in [0, 0.05) is 24.2 Å². The van der Waals surface area contributed by atoms with Crippen LogP contribution in [0.3, 0.4) is 0 Å². The maximum Gasteiger partial charge on any atom is 0.253 e. The highest BCUT2D eigenvalue weighted by atomic mass is 16.2. The molecule has 1 aromatic rings. The Morgan fingerprint density at radius 3 is 3.06 bits per heavy atom. The first-order valence-corrected chi connectivity index (χ1v) is 6.06. The van der Waals surface area contributed by atoms with E-state index in [4.69, 9.17) is 6.42 Å². The summed E-state index contributed by atoms with van der Waals surface area (Å²) in [6.07, 6.45) is 7.66. The Bertz CT molecular complexity index is 458. The van der Waals surface area contributed by atoms with Crippen molar-refractivity contribution in [2.24, 2.45) is 5.92 Å². The number of nitrogens with zero attached hydrogens (tertiary/aromatic N) is 1. The molecule has 1 aliphatic rings. The summed E-state index contributed by atoms with van der Waals surface area (Å²) >= 11 is 0. The zero-order chi connectivity index (χ0) is 12.3. The Morgan fingerprint density at radius 1 is 1.53 bits per heavy atom. The fourth-order valence-corrected chi connectivity index (χ4v) is 2.30. The van der Waals surface area contributed by atoms with Gasteiger partial charge in [-0.25, -0.2) is 0 Å². The summed E-state index contributed by atoms with van der Waals surface area (Å²) in [4.78, 5) is 14.2. The highest BCUT2D eigenvalue weighted by molar-refractivity contribution is 5.94. The van der Waals surface area contributed by atoms with Gasteiger partial charge in [-0.3, -0.25) is 4.79 Å². The third kappa shape index (κ3) is 2.68. The molecule has 2 heteroatoms. The number of hydrogen-bond donors (Lipinski definition) is 0. The molecule has 1 amide bonds. The van der Waals surface area contributed by atoms with E-state index in [1.165, 1.54) is 6.42 Å². The van der Waals surface area contributed by atoms with Gasteiger partial charge in [-0.2, -0.15) is 0 Å². The van der Waals surface area contributed by atoms with Gasteiger partial charge < -0.3 is 4.90 Å². The Labute approximate surface area is 103 Å². The summed E-state index contributed by atoms with van der Waals surface area (Å²) in [5.74, 6) is 3.27. The maximum atomic E-state index is 12.3. The van der Waals surface area contributed by atoms with Gasteiger partial charge in [0.1, 0.15) is 0 Å². The standard InChI is InChI=1S/C15H17NO/c1-3-13-7-4-8-14(10-13)15(17)16-9-5-6-12(2)11-16/h1,4,7-8,10,12H,5-6,9,11H2,2H3. The number of benzene rings is 1. The van der Waals surface area contributed by atoms with Crippen LogP contribution in [0.25, 0.3) is 0 Å². The average Bonchev–Trinajstić information content (AvgIpc) is 2.38.